The number of benzene rings is 2. The van der Waals surface area contributed by atoms with E-state index in [9.17, 15) is 25.9 Å². The molecule has 0 saturated carbocycles. The number of rotatable bonds is 6. The van der Waals surface area contributed by atoms with E-state index < -0.39 is 30.0 Å². The maximum absolute atomic E-state index is 11.6. The molecule has 2 rings (SSSR count). The van der Waals surface area contributed by atoms with E-state index in [1.165, 1.54) is 36.4 Å². The molecule has 28 heavy (non-hydrogen) atoms. The van der Waals surface area contributed by atoms with Gasteiger partial charge in [-0.15, -0.1) is 0 Å². The van der Waals surface area contributed by atoms with Gasteiger partial charge in [-0.05, 0) is 59.8 Å². The highest BCUT2D eigenvalue weighted by Gasteiger charge is 2.15. The van der Waals surface area contributed by atoms with Gasteiger partial charge >= 0.3 is 0 Å². The molecule has 8 nitrogen and oxygen atoms in total. The lowest BCUT2D eigenvalue weighted by Gasteiger charge is -2.11. The molecule has 12 heteroatoms. The van der Waals surface area contributed by atoms with E-state index in [1.54, 1.807) is 0 Å². The van der Waals surface area contributed by atoms with Crippen molar-refractivity contribution in [2.75, 3.05) is 0 Å². The van der Waals surface area contributed by atoms with Gasteiger partial charge in [0.2, 0.25) is 0 Å². The van der Waals surface area contributed by atoms with Crippen molar-refractivity contribution in [3.63, 3.8) is 0 Å². The van der Waals surface area contributed by atoms with Crippen LogP contribution in [-0.4, -0.2) is 36.3 Å². The van der Waals surface area contributed by atoms with Crippen molar-refractivity contribution in [3.05, 3.63) is 47.5 Å². The molecule has 0 aromatic heterocycles. The molecule has 2 aromatic carbocycles. The van der Waals surface area contributed by atoms with Gasteiger partial charge in [0, 0.05) is 0 Å². The molecule has 0 bridgehead atoms. The van der Waals surface area contributed by atoms with Gasteiger partial charge < -0.3 is 4.55 Å². The second-order valence-electron chi connectivity index (χ2n) is 5.11. The Morgan fingerprint density at radius 1 is 0.857 bits per heavy atom. The number of hydrogen-bond acceptors (Lipinski definition) is 9. The third-order valence-corrected chi connectivity index (χ3v) is 5.32. The highest BCUT2D eigenvalue weighted by atomic mass is 32.2. The van der Waals surface area contributed by atoms with E-state index in [0.717, 1.165) is 12.1 Å². The Kier molecular flexibility index (Phi) is 6.83. The van der Waals surface area contributed by atoms with Crippen LogP contribution >= 0.6 is 24.4 Å². The van der Waals surface area contributed by atoms with E-state index in [4.69, 9.17) is 0 Å². The zero-order valence-electron chi connectivity index (χ0n) is 13.6. The van der Waals surface area contributed by atoms with Gasteiger partial charge in [0.25, 0.3) is 10.1 Å². The van der Waals surface area contributed by atoms with Gasteiger partial charge in [-0.25, -0.2) is 8.42 Å². The molecule has 0 amide bonds. The first-order chi connectivity index (χ1) is 13.1. The first kappa shape index (κ1) is 21.9. The lowest BCUT2D eigenvalue weighted by molar-refractivity contribution is 0.462. The van der Waals surface area contributed by atoms with Crippen LogP contribution in [0.2, 0.25) is 0 Å². The van der Waals surface area contributed by atoms with E-state index in [-0.39, 0.29) is 22.5 Å². The Hall–Kier alpha value is -2.40. The smallest absolute Gasteiger partial charge is 0.295 e. The average molecular weight is 454 g/mol. The molecule has 0 spiro atoms. The molecule has 0 fully saturated rings. The zero-order valence-corrected chi connectivity index (χ0v) is 16.9. The maximum atomic E-state index is 11.6. The SMILES string of the molecule is O=S(=O)([O-])c1cc(N=C=S)ccc1/C=C/c1ccc(N=C=S)cc1S(=O)(=O)O. The van der Waals surface area contributed by atoms with E-state index in [1.807, 2.05) is 0 Å². The van der Waals surface area contributed by atoms with Crippen LogP contribution in [0.3, 0.4) is 0 Å². The third-order valence-electron chi connectivity index (χ3n) is 3.33. The molecule has 0 aliphatic carbocycles. The summed E-state index contributed by atoms with van der Waals surface area (Å²) < 4.78 is 67.2. The van der Waals surface area contributed by atoms with Crippen molar-refractivity contribution in [1.29, 1.82) is 0 Å². The Balaban J connectivity index is 2.63. The third kappa shape index (κ3) is 5.55. The fourth-order valence-corrected chi connectivity index (χ4v) is 3.79. The minimum absolute atomic E-state index is 0.0133. The van der Waals surface area contributed by atoms with E-state index >= 15 is 0 Å². The van der Waals surface area contributed by atoms with Crippen LogP contribution in [0.5, 0.6) is 0 Å². The van der Waals surface area contributed by atoms with Gasteiger partial charge in [-0.3, -0.25) is 4.55 Å². The molecular formula is C16H9N2O6S4-. The molecule has 0 unspecified atom stereocenters. The van der Waals surface area contributed by atoms with E-state index in [2.05, 4.69) is 44.7 Å². The second kappa shape index (κ2) is 8.74. The van der Waals surface area contributed by atoms with Crippen molar-refractivity contribution < 1.29 is 25.9 Å². The molecular weight excluding hydrogens is 444 g/mol. The number of aliphatic imine (C=N–C) groups is 2. The summed E-state index contributed by atoms with van der Waals surface area (Å²) in [5, 5.41) is 4.13. The predicted molar refractivity (Wildman–Crippen MR) is 109 cm³/mol. The molecule has 0 atom stereocenters. The number of thiocarbonyl (C=S) groups is 2. The molecule has 144 valence electrons. The number of nitrogens with zero attached hydrogens (tertiary/aromatic N) is 2. The lowest BCUT2D eigenvalue weighted by atomic mass is 10.1. The molecule has 0 saturated heterocycles. The largest absolute Gasteiger partial charge is 0.744 e. The minimum atomic E-state index is -4.86. The first-order valence-corrected chi connectivity index (χ1v) is 10.8. The molecule has 0 aliphatic rings. The van der Waals surface area contributed by atoms with Gasteiger partial charge in [0.15, 0.2) is 0 Å². The average Bonchev–Trinajstić information content (AvgIpc) is 2.60. The minimum Gasteiger partial charge on any atom is -0.744 e. The van der Waals surface area contributed by atoms with Crippen LogP contribution in [0.1, 0.15) is 11.1 Å². The number of isothiocyanates is 2. The Bertz CT molecular complexity index is 1170. The summed E-state index contributed by atoms with van der Waals surface area (Å²) in [6, 6.07) is 7.51. The molecule has 2 aromatic rings. The summed E-state index contributed by atoms with van der Waals surface area (Å²) in [5.41, 5.74) is 0.272. The Morgan fingerprint density at radius 2 is 1.29 bits per heavy atom. The van der Waals surface area contributed by atoms with Crippen LogP contribution in [0.15, 0.2) is 56.2 Å². The van der Waals surface area contributed by atoms with Gasteiger partial charge in [0.05, 0.1) is 26.6 Å². The standard InChI is InChI=1S/C16H10N2O6S4/c19-27(20,21)15-7-13(17-9-25)5-3-11(15)1-2-12-4-6-14(18-10-26)8-16(12)28(22,23)24/h1-8H,(H,19,20,21)(H,22,23,24)/p-1/b2-1+. The van der Waals surface area contributed by atoms with Crippen LogP contribution in [0.4, 0.5) is 11.4 Å². The summed E-state index contributed by atoms with van der Waals surface area (Å²) in [5.74, 6) is 0. The zero-order chi connectivity index (χ0) is 20.9. The fourth-order valence-electron chi connectivity index (χ4n) is 2.19. The van der Waals surface area contributed by atoms with Crippen LogP contribution in [-0.2, 0) is 20.2 Å². The summed E-state index contributed by atoms with van der Waals surface area (Å²) in [4.78, 5) is 6.19. The molecule has 0 aliphatic heterocycles. The molecule has 1 N–H and O–H groups in total. The van der Waals surface area contributed by atoms with Crippen molar-refractivity contribution in [1.82, 2.24) is 0 Å². The predicted octanol–water partition coefficient (Wildman–Crippen LogP) is 3.48. The lowest BCUT2D eigenvalue weighted by Crippen LogP contribution is -2.02. The van der Waals surface area contributed by atoms with Crippen LogP contribution < -0.4 is 0 Å². The van der Waals surface area contributed by atoms with Crippen molar-refractivity contribution in [3.8, 4) is 0 Å². The van der Waals surface area contributed by atoms with Gasteiger partial charge in [-0.2, -0.15) is 18.4 Å². The Morgan fingerprint density at radius 3 is 1.68 bits per heavy atom. The highest BCUT2D eigenvalue weighted by molar-refractivity contribution is 7.86. The molecule has 0 heterocycles. The van der Waals surface area contributed by atoms with Crippen LogP contribution in [0.25, 0.3) is 12.2 Å². The highest BCUT2D eigenvalue weighted by Crippen LogP contribution is 2.27. The summed E-state index contributed by atoms with van der Waals surface area (Å²) >= 11 is 8.89. The summed E-state index contributed by atoms with van der Waals surface area (Å²) in [6.45, 7) is 0. The van der Waals surface area contributed by atoms with Gasteiger partial charge in [-0.1, -0.05) is 24.3 Å². The topological polar surface area (TPSA) is 136 Å². The Labute approximate surface area is 171 Å². The van der Waals surface area contributed by atoms with Crippen molar-refractivity contribution >= 4 is 78.5 Å². The maximum Gasteiger partial charge on any atom is 0.295 e. The van der Waals surface area contributed by atoms with Crippen molar-refractivity contribution in [2.45, 2.75) is 9.79 Å². The normalized spacial score (nSPS) is 11.6. The fraction of sp³-hybridized carbons (Fsp3) is 0. The van der Waals surface area contributed by atoms with Gasteiger partial charge in [0.1, 0.15) is 15.0 Å². The van der Waals surface area contributed by atoms with Crippen molar-refractivity contribution in [2.24, 2.45) is 9.98 Å². The quantitative estimate of drug-likeness (QED) is 0.304. The summed E-state index contributed by atoms with van der Waals surface area (Å²) in [6.07, 6.45) is 2.43. The number of hydrogen-bond donors (Lipinski definition) is 1. The van der Waals surface area contributed by atoms with Crippen LogP contribution in [0, 0.1) is 0 Å². The first-order valence-electron chi connectivity index (χ1n) is 7.11. The molecule has 0 radical (unpaired) electrons. The second-order valence-corrected chi connectivity index (χ2v) is 8.22. The summed E-state index contributed by atoms with van der Waals surface area (Å²) in [7, 11) is -9.48. The monoisotopic (exact) mass is 453 g/mol. The van der Waals surface area contributed by atoms with E-state index in [0.29, 0.717) is 0 Å².